The van der Waals surface area contributed by atoms with Crippen molar-refractivity contribution in [2.24, 2.45) is 14.1 Å². The highest BCUT2D eigenvalue weighted by molar-refractivity contribution is 7.91. The average Bonchev–Trinajstić information content (AvgIpc) is 2.85. The van der Waals surface area contributed by atoms with Crippen molar-refractivity contribution in [3.05, 3.63) is 69.4 Å². The number of rotatable bonds is 5. The maximum absolute atomic E-state index is 13.8. The van der Waals surface area contributed by atoms with E-state index in [4.69, 9.17) is 15.2 Å². The van der Waals surface area contributed by atoms with Crippen molar-refractivity contribution in [3.8, 4) is 22.6 Å². The Kier molecular flexibility index (Phi) is 5.65. The monoisotopic (exact) mass is 482 g/mol. The minimum atomic E-state index is -4.22. The highest BCUT2D eigenvalue weighted by Gasteiger charge is 2.31. The Morgan fingerprint density at radius 1 is 0.912 bits per heavy atom. The number of hydrogen-bond acceptors (Lipinski definition) is 8. The number of nitrogens with zero attached hydrogens (tertiary/aromatic N) is 3. The third-order valence-electron chi connectivity index (χ3n) is 5.56. The van der Waals surface area contributed by atoms with Crippen LogP contribution in [0.4, 0.5) is 5.82 Å². The van der Waals surface area contributed by atoms with Crippen LogP contribution in [0.25, 0.3) is 22.2 Å². The number of ether oxygens (including phenoxy) is 2. The maximum atomic E-state index is 13.8. The summed E-state index contributed by atoms with van der Waals surface area (Å²) in [6.07, 6.45) is 0. The molecule has 2 aromatic carbocycles. The zero-order valence-corrected chi connectivity index (χ0v) is 19.7. The van der Waals surface area contributed by atoms with Crippen LogP contribution in [-0.2, 0) is 23.9 Å². The molecular formula is C23H22N4O6S. The van der Waals surface area contributed by atoms with Crippen LogP contribution in [0.5, 0.6) is 11.5 Å². The summed E-state index contributed by atoms with van der Waals surface area (Å²) in [5, 5.41) is -0.0690. The van der Waals surface area contributed by atoms with E-state index < -0.39 is 21.1 Å². The molecule has 0 saturated heterocycles. The van der Waals surface area contributed by atoms with E-state index in [2.05, 4.69) is 4.98 Å². The zero-order chi connectivity index (χ0) is 24.8. The highest BCUT2D eigenvalue weighted by atomic mass is 32.2. The van der Waals surface area contributed by atoms with E-state index in [0.29, 0.717) is 17.1 Å². The molecule has 2 N–H and O–H groups in total. The predicted octanol–water partition coefficient (Wildman–Crippen LogP) is 1.73. The van der Waals surface area contributed by atoms with E-state index in [0.717, 1.165) is 9.13 Å². The van der Waals surface area contributed by atoms with Crippen molar-refractivity contribution in [2.75, 3.05) is 20.0 Å². The number of methoxy groups -OCH3 is 2. The standard InChI is InChI=1S/C23H22N4O6S/c1-26-21-18(22(28)27(2)23(26)29)17(13-10-11-15(32-3)16(12-13)33-4)19(20(24)25-21)34(30,31)14-8-6-5-7-9-14/h5-12H,1-4H3,(H2,24,25). The lowest BCUT2D eigenvalue weighted by atomic mass is 10.0. The molecule has 11 heteroatoms. The Bertz CT molecular complexity index is 1660. The second-order valence-electron chi connectivity index (χ2n) is 7.49. The second kappa shape index (κ2) is 8.34. The van der Waals surface area contributed by atoms with E-state index in [9.17, 15) is 18.0 Å². The lowest BCUT2D eigenvalue weighted by Gasteiger charge is -2.18. The van der Waals surface area contributed by atoms with Crippen molar-refractivity contribution in [3.63, 3.8) is 0 Å². The summed E-state index contributed by atoms with van der Waals surface area (Å²) in [4.78, 5) is 29.7. The molecule has 176 valence electrons. The second-order valence-corrected chi connectivity index (χ2v) is 9.38. The number of anilines is 1. The molecule has 0 bridgehead atoms. The van der Waals surface area contributed by atoms with Gasteiger partial charge in [0.2, 0.25) is 9.84 Å². The van der Waals surface area contributed by atoms with Gasteiger partial charge in [0.25, 0.3) is 5.56 Å². The predicted molar refractivity (Wildman–Crippen MR) is 127 cm³/mol. The topological polar surface area (TPSA) is 136 Å². The summed E-state index contributed by atoms with van der Waals surface area (Å²) in [5.41, 5.74) is 5.18. The summed E-state index contributed by atoms with van der Waals surface area (Å²) >= 11 is 0. The molecule has 0 atom stereocenters. The molecule has 2 aromatic heterocycles. The van der Waals surface area contributed by atoms with Gasteiger partial charge < -0.3 is 15.2 Å². The van der Waals surface area contributed by atoms with Gasteiger partial charge in [-0.15, -0.1) is 0 Å². The molecule has 4 aromatic rings. The van der Waals surface area contributed by atoms with E-state index in [1.807, 2.05) is 0 Å². The summed E-state index contributed by atoms with van der Waals surface area (Å²) in [7, 11) is 1.42. The van der Waals surface area contributed by atoms with Gasteiger partial charge in [-0.3, -0.25) is 13.9 Å². The van der Waals surface area contributed by atoms with Crippen molar-refractivity contribution >= 4 is 26.7 Å². The fourth-order valence-corrected chi connectivity index (χ4v) is 5.41. The molecule has 0 saturated carbocycles. The lowest BCUT2D eigenvalue weighted by molar-refractivity contribution is 0.355. The van der Waals surface area contributed by atoms with Crippen LogP contribution >= 0.6 is 0 Å². The Balaban J connectivity index is 2.28. The number of fused-ring (bicyclic) bond motifs is 1. The molecule has 0 spiro atoms. The van der Waals surface area contributed by atoms with Gasteiger partial charge in [-0.1, -0.05) is 24.3 Å². The largest absolute Gasteiger partial charge is 0.493 e. The number of nitrogens with two attached hydrogens (primary N) is 1. The number of hydrogen-bond donors (Lipinski definition) is 1. The third-order valence-corrected chi connectivity index (χ3v) is 7.41. The average molecular weight is 483 g/mol. The summed E-state index contributed by atoms with van der Waals surface area (Å²) in [6.45, 7) is 0. The van der Waals surface area contributed by atoms with Crippen LogP contribution in [0.2, 0.25) is 0 Å². The SMILES string of the molecule is COc1ccc(-c2c(S(=O)(=O)c3ccccc3)c(N)nc3c2c(=O)n(C)c(=O)n3C)cc1OC. The van der Waals surface area contributed by atoms with Gasteiger partial charge in [0.05, 0.1) is 24.5 Å². The summed E-state index contributed by atoms with van der Waals surface area (Å²) in [5.74, 6) is 0.378. The van der Waals surface area contributed by atoms with Crippen LogP contribution < -0.4 is 26.5 Å². The van der Waals surface area contributed by atoms with Crippen molar-refractivity contribution in [1.82, 2.24) is 14.1 Å². The highest BCUT2D eigenvalue weighted by Crippen LogP contribution is 2.41. The van der Waals surface area contributed by atoms with Gasteiger partial charge >= 0.3 is 5.69 Å². The molecule has 0 aliphatic carbocycles. The molecule has 0 unspecified atom stereocenters. The Labute approximate surface area is 194 Å². The van der Waals surface area contributed by atoms with Crippen molar-refractivity contribution < 1.29 is 17.9 Å². The molecule has 0 aliphatic rings. The third kappa shape index (κ3) is 3.41. The molecular weight excluding hydrogens is 460 g/mol. The number of nitrogen functional groups attached to an aromatic ring is 1. The molecule has 0 aliphatic heterocycles. The van der Waals surface area contributed by atoms with Gasteiger partial charge in [-0.25, -0.2) is 18.2 Å². The first-order chi connectivity index (χ1) is 16.1. The maximum Gasteiger partial charge on any atom is 0.332 e. The van der Waals surface area contributed by atoms with Gasteiger partial charge in [0.1, 0.15) is 10.7 Å². The first kappa shape index (κ1) is 23.1. The Hall–Kier alpha value is -4.12. The lowest BCUT2D eigenvalue weighted by Crippen LogP contribution is -2.38. The number of aromatic nitrogens is 3. The van der Waals surface area contributed by atoms with Crippen LogP contribution in [0.3, 0.4) is 0 Å². The Morgan fingerprint density at radius 3 is 2.18 bits per heavy atom. The molecule has 0 radical (unpaired) electrons. The fourth-order valence-electron chi connectivity index (χ4n) is 3.85. The molecule has 0 amide bonds. The van der Waals surface area contributed by atoms with Crippen LogP contribution in [-0.4, -0.2) is 36.8 Å². The number of sulfone groups is 1. The summed E-state index contributed by atoms with van der Waals surface area (Å²) < 4.78 is 40.2. The smallest absolute Gasteiger partial charge is 0.332 e. The van der Waals surface area contributed by atoms with Gasteiger partial charge in [-0.05, 0) is 29.8 Å². The zero-order valence-electron chi connectivity index (χ0n) is 18.9. The fraction of sp³-hybridized carbons (Fsp3) is 0.174. The van der Waals surface area contributed by atoms with Crippen LogP contribution in [0.1, 0.15) is 0 Å². The number of benzene rings is 2. The Morgan fingerprint density at radius 2 is 1.56 bits per heavy atom. The molecule has 10 nitrogen and oxygen atoms in total. The molecule has 4 rings (SSSR count). The quantitative estimate of drug-likeness (QED) is 0.454. The van der Waals surface area contributed by atoms with Crippen molar-refractivity contribution in [1.29, 1.82) is 0 Å². The minimum Gasteiger partial charge on any atom is -0.493 e. The van der Waals surface area contributed by atoms with Gasteiger partial charge in [0, 0.05) is 19.7 Å². The molecule has 34 heavy (non-hydrogen) atoms. The first-order valence-corrected chi connectivity index (χ1v) is 11.5. The summed E-state index contributed by atoms with van der Waals surface area (Å²) in [6, 6.07) is 12.4. The van der Waals surface area contributed by atoms with E-state index >= 15 is 0 Å². The molecule has 0 fully saturated rings. The van der Waals surface area contributed by atoms with Crippen molar-refractivity contribution in [2.45, 2.75) is 9.79 Å². The van der Waals surface area contributed by atoms with E-state index in [1.165, 1.54) is 40.4 Å². The van der Waals surface area contributed by atoms with Gasteiger partial charge in [0.15, 0.2) is 17.1 Å². The van der Waals surface area contributed by atoms with Gasteiger partial charge in [-0.2, -0.15) is 0 Å². The number of aryl methyl sites for hydroxylation is 1. The van der Waals surface area contributed by atoms with Crippen LogP contribution in [0, 0.1) is 0 Å². The van der Waals surface area contributed by atoms with Crippen LogP contribution in [0.15, 0.2) is 67.9 Å². The minimum absolute atomic E-state index is 0.0171. The van der Waals surface area contributed by atoms with E-state index in [-0.39, 0.29) is 32.2 Å². The first-order valence-electron chi connectivity index (χ1n) is 10.0. The normalized spacial score (nSPS) is 11.5. The van der Waals surface area contributed by atoms with E-state index in [1.54, 1.807) is 36.4 Å². The molecule has 2 heterocycles. The number of pyridine rings is 1.